The molecule has 0 radical (unpaired) electrons. The molecule has 0 saturated carbocycles. The Labute approximate surface area is 126 Å². The predicted octanol–water partition coefficient (Wildman–Crippen LogP) is 2.01. The van der Waals surface area contributed by atoms with Gasteiger partial charge in [-0.05, 0) is 36.2 Å². The molecule has 0 spiro atoms. The van der Waals surface area contributed by atoms with Crippen LogP contribution in [0.5, 0.6) is 5.75 Å². The molecule has 2 aromatic rings. The van der Waals surface area contributed by atoms with Gasteiger partial charge in [0, 0.05) is 18.7 Å². The average Bonchev–Trinajstić information content (AvgIpc) is 2.53. The third-order valence-electron chi connectivity index (χ3n) is 3.08. The summed E-state index contributed by atoms with van der Waals surface area (Å²) in [7, 11) is 0. The predicted molar refractivity (Wildman–Crippen MR) is 81.5 cm³/mol. The molecule has 1 amide bonds. The van der Waals surface area contributed by atoms with Gasteiger partial charge in [0.2, 0.25) is 6.41 Å². The maximum absolute atomic E-state index is 11.1. The normalized spacial score (nSPS) is 10.2. The minimum absolute atomic E-state index is 0.0290. The first-order valence-electron chi connectivity index (χ1n) is 6.60. The number of aromatic hydroxyl groups is 1. The van der Waals surface area contributed by atoms with Crippen LogP contribution in [-0.2, 0) is 11.2 Å². The van der Waals surface area contributed by atoms with Crippen molar-refractivity contribution in [3.63, 3.8) is 0 Å². The van der Waals surface area contributed by atoms with Gasteiger partial charge in [0.25, 0.3) is 5.69 Å². The molecule has 7 nitrogen and oxygen atoms in total. The third-order valence-corrected chi connectivity index (χ3v) is 3.08. The molecular formula is C15H15N3O4. The fraction of sp³-hybridized carbons (Fsp3) is 0.133. The molecule has 2 rings (SSSR count). The third kappa shape index (κ3) is 4.03. The molecule has 2 aromatic carbocycles. The van der Waals surface area contributed by atoms with E-state index in [2.05, 4.69) is 5.43 Å². The van der Waals surface area contributed by atoms with Crippen LogP contribution in [0.2, 0.25) is 0 Å². The number of rotatable bonds is 7. The Hall–Kier alpha value is -2.93. The second kappa shape index (κ2) is 7.19. The molecule has 0 atom stereocenters. The maximum Gasteiger partial charge on any atom is 0.269 e. The van der Waals surface area contributed by atoms with Gasteiger partial charge in [-0.25, -0.2) is 10.4 Å². The van der Waals surface area contributed by atoms with Crippen molar-refractivity contribution in [2.45, 2.75) is 6.42 Å². The van der Waals surface area contributed by atoms with E-state index in [1.54, 1.807) is 24.3 Å². The van der Waals surface area contributed by atoms with Gasteiger partial charge in [-0.1, -0.05) is 12.1 Å². The number of hydrazine groups is 1. The second-order valence-electron chi connectivity index (χ2n) is 4.57. The van der Waals surface area contributed by atoms with Crippen LogP contribution >= 0.6 is 0 Å². The van der Waals surface area contributed by atoms with Crippen molar-refractivity contribution in [2.24, 2.45) is 0 Å². The van der Waals surface area contributed by atoms with E-state index in [0.29, 0.717) is 25.1 Å². The highest BCUT2D eigenvalue weighted by molar-refractivity contribution is 5.74. The molecule has 0 saturated heterocycles. The zero-order valence-corrected chi connectivity index (χ0v) is 11.7. The minimum Gasteiger partial charge on any atom is -0.508 e. The molecule has 22 heavy (non-hydrogen) atoms. The Morgan fingerprint density at radius 1 is 1.14 bits per heavy atom. The first-order chi connectivity index (χ1) is 10.6. The van der Waals surface area contributed by atoms with Gasteiger partial charge in [0.05, 0.1) is 10.6 Å². The summed E-state index contributed by atoms with van der Waals surface area (Å²) < 4.78 is 0. The van der Waals surface area contributed by atoms with Crippen molar-refractivity contribution in [2.75, 3.05) is 11.6 Å². The number of hydrogen-bond donors (Lipinski definition) is 2. The van der Waals surface area contributed by atoms with Gasteiger partial charge >= 0.3 is 0 Å². The van der Waals surface area contributed by atoms with Crippen LogP contribution in [0.3, 0.4) is 0 Å². The monoisotopic (exact) mass is 301 g/mol. The van der Waals surface area contributed by atoms with E-state index < -0.39 is 4.92 Å². The number of phenolic OH excluding ortho intramolecular Hbond substituents is 1. The summed E-state index contributed by atoms with van der Waals surface area (Å²) in [5.74, 6) is 0.206. The van der Waals surface area contributed by atoms with Crippen molar-refractivity contribution in [1.82, 2.24) is 5.43 Å². The Morgan fingerprint density at radius 3 is 2.32 bits per heavy atom. The Morgan fingerprint density at radius 2 is 1.77 bits per heavy atom. The molecule has 0 aliphatic rings. The summed E-state index contributed by atoms with van der Waals surface area (Å²) in [4.78, 5) is 21.2. The van der Waals surface area contributed by atoms with E-state index in [4.69, 9.17) is 0 Å². The number of amides is 1. The number of phenols is 1. The van der Waals surface area contributed by atoms with E-state index in [0.717, 1.165) is 5.56 Å². The van der Waals surface area contributed by atoms with E-state index in [1.807, 2.05) is 0 Å². The zero-order valence-electron chi connectivity index (χ0n) is 11.7. The van der Waals surface area contributed by atoms with Crippen LogP contribution < -0.4 is 10.4 Å². The number of nitrogens with one attached hydrogen (secondary N) is 1. The highest BCUT2D eigenvalue weighted by atomic mass is 16.6. The van der Waals surface area contributed by atoms with Crippen LogP contribution in [0.15, 0.2) is 48.5 Å². The number of nitro groups is 1. The van der Waals surface area contributed by atoms with Gasteiger partial charge in [-0.15, -0.1) is 0 Å². The number of hydrogen-bond acceptors (Lipinski definition) is 5. The fourth-order valence-electron chi connectivity index (χ4n) is 1.91. The quantitative estimate of drug-likeness (QED) is 0.463. The van der Waals surface area contributed by atoms with Crippen LogP contribution in [0, 0.1) is 10.1 Å². The summed E-state index contributed by atoms with van der Waals surface area (Å²) in [5, 5.41) is 21.1. The maximum atomic E-state index is 11.1. The molecule has 0 bridgehead atoms. The van der Waals surface area contributed by atoms with E-state index in [1.165, 1.54) is 29.3 Å². The summed E-state index contributed by atoms with van der Waals surface area (Å²) in [6.45, 7) is 0.500. The van der Waals surface area contributed by atoms with Gasteiger partial charge in [0.15, 0.2) is 0 Å². The molecule has 0 fully saturated rings. The molecule has 0 aliphatic carbocycles. The Bertz CT molecular complexity index is 641. The van der Waals surface area contributed by atoms with E-state index in [-0.39, 0.29) is 11.4 Å². The SMILES string of the molecule is O=CN(NCCc1ccc(O)cc1)c1ccc([N+](=O)[O-])cc1. The van der Waals surface area contributed by atoms with Crippen molar-refractivity contribution in [1.29, 1.82) is 0 Å². The highest BCUT2D eigenvalue weighted by Gasteiger charge is 2.08. The number of nitrogens with zero attached hydrogens (tertiary/aromatic N) is 2. The van der Waals surface area contributed by atoms with Crippen molar-refractivity contribution in [3.8, 4) is 5.75 Å². The number of carbonyl (C=O) groups is 1. The van der Waals surface area contributed by atoms with Crippen LogP contribution in [0.4, 0.5) is 11.4 Å². The molecule has 7 heteroatoms. The second-order valence-corrected chi connectivity index (χ2v) is 4.57. The molecular weight excluding hydrogens is 286 g/mol. The molecule has 114 valence electrons. The summed E-state index contributed by atoms with van der Waals surface area (Å²) in [6, 6.07) is 12.5. The van der Waals surface area contributed by atoms with E-state index in [9.17, 15) is 20.0 Å². The number of non-ortho nitro benzene ring substituents is 1. The smallest absolute Gasteiger partial charge is 0.269 e. The molecule has 2 N–H and O–H groups in total. The number of benzene rings is 2. The number of anilines is 1. The topological polar surface area (TPSA) is 95.7 Å². The summed E-state index contributed by atoms with van der Waals surface area (Å²) in [6.07, 6.45) is 1.27. The molecule has 0 aliphatic heterocycles. The number of nitro benzene ring substituents is 1. The lowest BCUT2D eigenvalue weighted by molar-refractivity contribution is -0.384. The zero-order chi connectivity index (χ0) is 15.9. The lowest BCUT2D eigenvalue weighted by atomic mass is 10.1. The Balaban J connectivity index is 1.92. The number of carbonyl (C=O) groups excluding carboxylic acids is 1. The van der Waals surface area contributed by atoms with E-state index >= 15 is 0 Å². The molecule has 0 heterocycles. The van der Waals surface area contributed by atoms with Gasteiger partial charge in [0.1, 0.15) is 5.75 Å². The van der Waals surface area contributed by atoms with Crippen LogP contribution in [0.1, 0.15) is 5.56 Å². The van der Waals surface area contributed by atoms with Crippen LogP contribution in [0.25, 0.3) is 0 Å². The molecule has 0 unspecified atom stereocenters. The van der Waals surface area contributed by atoms with Crippen molar-refractivity contribution in [3.05, 3.63) is 64.2 Å². The minimum atomic E-state index is -0.493. The van der Waals surface area contributed by atoms with Gasteiger partial charge in [-0.2, -0.15) is 0 Å². The standard InChI is InChI=1S/C15H15N3O4/c19-11-17(13-3-5-14(6-4-13)18(21)22)16-10-9-12-1-7-15(20)8-2-12/h1-8,11,16,20H,9-10H2. The summed E-state index contributed by atoms with van der Waals surface area (Å²) in [5.41, 5.74) is 4.43. The Kier molecular flexibility index (Phi) is 5.05. The van der Waals surface area contributed by atoms with Crippen LogP contribution in [-0.4, -0.2) is 23.0 Å². The summed E-state index contributed by atoms with van der Waals surface area (Å²) >= 11 is 0. The van der Waals surface area contributed by atoms with Gasteiger partial charge < -0.3 is 5.11 Å². The lowest BCUT2D eigenvalue weighted by Gasteiger charge is -2.18. The largest absolute Gasteiger partial charge is 0.508 e. The average molecular weight is 301 g/mol. The van der Waals surface area contributed by atoms with Crippen molar-refractivity contribution >= 4 is 17.8 Å². The molecule has 0 aromatic heterocycles. The van der Waals surface area contributed by atoms with Crippen molar-refractivity contribution < 1.29 is 14.8 Å². The first-order valence-corrected chi connectivity index (χ1v) is 6.60. The van der Waals surface area contributed by atoms with Gasteiger partial charge in [-0.3, -0.25) is 14.9 Å². The fourth-order valence-corrected chi connectivity index (χ4v) is 1.91. The lowest BCUT2D eigenvalue weighted by Crippen LogP contribution is -2.38. The highest BCUT2D eigenvalue weighted by Crippen LogP contribution is 2.17. The first kappa shape index (κ1) is 15.5.